The van der Waals surface area contributed by atoms with Gasteiger partial charge in [0.2, 0.25) is 5.88 Å². The first-order valence-corrected chi connectivity index (χ1v) is 13.0. The van der Waals surface area contributed by atoms with E-state index in [1.807, 2.05) is 6.92 Å². The van der Waals surface area contributed by atoms with Crippen LogP contribution in [-0.4, -0.2) is 58.4 Å². The number of aromatic amines is 1. The van der Waals surface area contributed by atoms with Crippen molar-refractivity contribution >= 4 is 59.7 Å². The molecule has 0 radical (unpaired) electrons. The molecule has 0 spiro atoms. The van der Waals surface area contributed by atoms with Crippen molar-refractivity contribution in [3.05, 3.63) is 58.7 Å². The number of rotatable bonds is 8. The van der Waals surface area contributed by atoms with E-state index in [-0.39, 0.29) is 31.0 Å². The Morgan fingerprint density at radius 1 is 1.13 bits per heavy atom. The van der Waals surface area contributed by atoms with Crippen molar-refractivity contribution in [3.8, 4) is 17.3 Å². The number of hydrogen-bond donors (Lipinski definition) is 2. The summed E-state index contributed by atoms with van der Waals surface area (Å²) in [7, 11) is 3.68. The van der Waals surface area contributed by atoms with Crippen LogP contribution in [0.5, 0.6) is 5.88 Å². The quantitative estimate of drug-likeness (QED) is 0.147. The lowest BCUT2D eigenvalue weighted by Gasteiger charge is -2.29. The number of hydrogen-bond acceptors (Lipinski definition) is 9. The fraction of sp³-hybridized carbons (Fsp3) is 0.320. The van der Waals surface area contributed by atoms with Crippen LogP contribution in [0.2, 0.25) is 5.02 Å². The summed E-state index contributed by atoms with van der Waals surface area (Å²) in [4.78, 5) is 11.4. The van der Waals surface area contributed by atoms with E-state index in [2.05, 4.69) is 37.6 Å². The lowest BCUT2D eigenvalue weighted by molar-refractivity contribution is 0.111. The number of fused-ring (bicyclic) bond motifs is 1. The average Bonchev–Trinajstić information content (AvgIpc) is 3.28. The molecule has 1 aliphatic heterocycles. The van der Waals surface area contributed by atoms with Crippen LogP contribution in [-0.2, 0) is 4.28 Å². The number of likely N-dealkylation sites (tertiary alicyclic amines) is 1. The van der Waals surface area contributed by atoms with Gasteiger partial charge >= 0.3 is 0 Å². The Morgan fingerprint density at radius 3 is 2.64 bits per heavy atom. The van der Waals surface area contributed by atoms with Gasteiger partial charge in [-0.05, 0) is 63.2 Å². The Bertz CT molecular complexity index is 1450. The SMILES string of the molecule is Cc1[nH]nc2nc(-c3ccc(NOSN(C)c4cc(Cl)ccc4F)c(F)c3)nc(OC3CCN(C)CC3)c12.S. The molecule has 1 aliphatic rings. The van der Waals surface area contributed by atoms with Crippen molar-refractivity contribution in [2.24, 2.45) is 0 Å². The van der Waals surface area contributed by atoms with E-state index in [9.17, 15) is 8.78 Å². The third kappa shape index (κ3) is 6.67. The average molecular weight is 596 g/mol. The monoisotopic (exact) mass is 595 g/mol. The fourth-order valence-electron chi connectivity index (χ4n) is 4.13. The summed E-state index contributed by atoms with van der Waals surface area (Å²) in [6.07, 6.45) is 1.81. The number of aromatic nitrogens is 4. The number of nitrogens with one attached hydrogen (secondary N) is 2. The van der Waals surface area contributed by atoms with Crippen LogP contribution < -0.4 is 14.5 Å². The van der Waals surface area contributed by atoms with E-state index in [0.717, 1.165) is 49.2 Å². The van der Waals surface area contributed by atoms with Crippen LogP contribution in [0.15, 0.2) is 36.4 Å². The maximum absolute atomic E-state index is 15.0. The molecule has 2 aromatic carbocycles. The Kier molecular flexibility index (Phi) is 9.39. The summed E-state index contributed by atoms with van der Waals surface area (Å²) < 4.78 is 42.0. The summed E-state index contributed by atoms with van der Waals surface area (Å²) in [5.41, 5.74) is 4.55. The van der Waals surface area contributed by atoms with E-state index in [0.29, 0.717) is 27.9 Å². The van der Waals surface area contributed by atoms with Crippen LogP contribution in [0.1, 0.15) is 18.5 Å². The first-order valence-electron chi connectivity index (χ1n) is 11.9. The van der Waals surface area contributed by atoms with Gasteiger partial charge in [0.15, 0.2) is 11.5 Å². The van der Waals surface area contributed by atoms with Gasteiger partial charge < -0.3 is 9.64 Å². The second-order valence-corrected chi connectivity index (χ2v) is 10.4. The molecule has 1 saturated heterocycles. The molecular weight excluding hydrogens is 568 g/mol. The number of nitrogens with zero attached hydrogens (tertiary/aromatic N) is 5. The van der Waals surface area contributed by atoms with Gasteiger partial charge in [-0.25, -0.2) is 19.2 Å². The Balaban J connectivity index is 0.00000353. The molecule has 39 heavy (non-hydrogen) atoms. The lowest BCUT2D eigenvalue weighted by atomic mass is 10.1. The maximum Gasteiger partial charge on any atom is 0.228 e. The number of halogens is 3. The molecule has 14 heteroatoms. The van der Waals surface area contributed by atoms with Crippen LogP contribution in [0.3, 0.4) is 0 Å². The van der Waals surface area contributed by atoms with Gasteiger partial charge in [-0.1, -0.05) is 11.6 Å². The highest BCUT2D eigenvalue weighted by atomic mass is 35.5. The highest BCUT2D eigenvalue weighted by Crippen LogP contribution is 2.32. The van der Waals surface area contributed by atoms with E-state index in [4.69, 9.17) is 20.6 Å². The van der Waals surface area contributed by atoms with Gasteiger partial charge in [0, 0.05) is 36.4 Å². The zero-order chi connectivity index (χ0) is 26.8. The zero-order valence-electron chi connectivity index (χ0n) is 21.5. The molecule has 1 fully saturated rings. The molecule has 0 bridgehead atoms. The van der Waals surface area contributed by atoms with E-state index < -0.39 is 11.6 Å². The smallest absolute Gasteiger partial charge is 0.228 e. The summed E-state index contributed by atoms with van der Waals surface area (Å²) in [5.74, 6) is -0.320. The van der Waals surface area contributed by atoms with Gasteiger partial charge in [0.1, 0.15) is 35.4 Å². The molecule has 5 rings (SSSR count). The molecular formula is C25H28ClF2N7O2S2. The van der Waals surface area contributed by atoms with Crippen molar-refractivity contribution in [1.29, 1.82) is 0 Å². The standard InChI is InChI=1S/C25H26ClF2N7O2S.H2S/c1-14-22-24(32-31-14)29-23(30-25(22)36-17-8-10-34(2)11-9-17)15-4-7-20(19(28)12-15)33-37-38-35(3)21-13-16(26)5-6-18(21)27;/h4-7,12-13,17,33H,8-11H2,1-3H3,(H,29,30,31,32);1H2. The third-order valence-corrected chi connectivity index (χ3v) is 7.09. The van der Waals surface area contributed by atoms with E-state index >= 15 is 0 Å². The minimum atomic E-state index is -0.584. The minimum Gasteiger partial charge on any atom is -0.474 e. The summed E-state index contributed by atoms with van der Waals surface area (Å²) in [5, 5.41) is 8.31. The third-order valence-electron chi connectivity index (χ3n) is 6.28. The highest BCUT2D eigenvalue weighted by molar-refractivity contribution is 7.96. The number of aryl methyl sites for hydroxylation is 1. The maximum atomic E-state index is 15.0. The molecule has 2 N–H and O–H groups in total. The van der Waals surface area contributed by atoms with E-state index in [1.54, 1.807) is 13.1 Å². The first-order chi connectivity index (χ1) is 18.3. The van der Waals surface area contributed by atoms with Crippen LogP contribution in [0.25, 0.3) is 22.4 Å². The number of benzene rings is 2. The van der Waals surface area contributed by atoms with Gasteiger partial charge in [0.25, 0.3) is 0 Å². The molecule has 0 aliphatic carbocycles. The first kappa shape index (κ1) is 29.2. The Labute approximate surface area is 241 Å². The topological polar surface area (TPSA) is 91.4 Å². The lowest BCUT2D eigenvalue weighted by Crippen LogP contribution is -2.35. The molecule has 4 aromatic rings. The van der Waals surface area contributed by atoms with Gasteiger partial charge in [0.05, 0.1) is 11.4 Å². The van der Waals surface area contributed by atoms with Crippen molar-refractivity contribution in [1.82, 2.24) is 25.1 Å². The van der Waals surface area contributed by atoms with Crippen LogP contribution >= 0.6 is 37.3 Å². The molecule has 0 amide bonds. The summed E-state index contributed by atoms with van der Waals surface area (Å²) >= 11 is 6.72. The molecule has 3 heterocycles. The highest BCUT2D eigenvalue weighted by Gasteiger charge is 2.23. The normalized spacial score (nSPS) is 14.3. The zero-order valence-corrected chi connectivity index (χ0v) is 24.0. The predicted molar refractivity (Wildman–Crippen MR) is 155 cm³/mol. The van der Waals surface area contributed by atoms with E-state index in [1.165, 1.54) is 34.6 Å². The van der Waals surface area contributed by atoms with Gasteiger partial charge in [-0.15, -0.1) is 0 Å². The Morgan fingerprint density at radius 2 is 1.90 bits per heavy atom. The van der Waals surface area contributed by atoms with Gasteiger partial charge in [-0.2, -0.15) is 27.9 Å². The molecule has 9 nitrogen and oxygen atoms in total. The van der Waals surface area contributed by atoms with Crippen molar-refractivity contribution in [2.75, 3.05) is 37.0 Å². The predicted octanol–water partition coefficient (Wildman–Crippen LogP) is 5.89. The fourth-order valence-corrected chi connectivity index (χ4v) is 4.75. The Hall–Kier alpha value is -2.84. The summed E-state index contributed by atoms with van der Waals surface area (Å²) in [6.45, 7) is 3.77. The number of anilines is 2. The molecule has 0 saturated carbocycles. The second-order valence-electron chi connectivity index (χ2n) is 9.07. The number of ether oxygens (including phenoxy) is 1. The largest absolute Gasteiger partial charge is 0.474 e. The minimum absolute atomic E-state index is 0. The molecule has 208 valence electrons. The van der Waals surface area contributed by atoms with Crippen molar-refractivity contribution in [2.45, 2.75) is 25.9 Å². The number of H-pyrrole nitrogens is 1. The molecule has 0 atom stereocenters. The van der Waals surface area contributed by atoms with Crippen LogP contribution in [0, 0.1) is 18.6 Å². The molecule has 0 unspecified atom stereocenters. The van der Waals surface area contributed by atoms with Crippen LogP contribution in [0.4, 0.5) is 20.2 Å². The molecule has 2 aromatic heterocycles. The van der Waals surface area contributed by atoms with Gasteiger partial charge in [-0.3, -0.25) is 9.40 Å². The van der Waals surface area contributed by atoms with Crippen molar-refractivity contribution in [3.63, 3.8) is 0 Å². The second kappa shape index (κ2) is 12.6. The number of piperidine rings is 1. The summed E-state index contributed by atoms with van der Waals surface area (Å²) in [6, 6.07) is 8.65. The van der Waals surface area contributed by atoms with Crippen molar-refractivity contribution < 1.29 is 17.8 Å².